The molecule has 0 fully saturated rings. The summed E-state index contributed by atoms with van der Waals surface area (Å²) in [5.74, 6) is -3.65. The minimum absolute atomic E-state index is 0.156. The molecule has 7 nitrogen and oxygen atoms in total. The van der Waals surface area contributed by atoms with Gasteiger partial charge in [0.15, 0.2) is 5.75 Å². The van der Waals surface area contributed by atoms with Crippen LogP contribution in [0.5, 0.6) is 11.5 Å². The highest BCUT2D eigenvalue weighted by Gasteiger charge is 2.49. The molecule has 24 heavy (non-hydrogen) atoms. The number of carbonyl (C=O) groups excluding carboxylic acids is 1. The van der Waals surface area contributed by atoms with E-state index in [0.717, 1.165) is 12.1 Å². The number of carbonyl (C=O) groups is 1. The first-order valence-corrected chi connectivity index (χ1v) is 8.10. The number of ether oxygens (including phenoxy) is 2. The Hall–Kier alpha value is -2.17. The molecule has 0 unspecified atom stereocenters. The molecule has 0 aliphatic carbocycles. The number of cyclic esters (lactones) is 1. The topological polar surface area (TPSA) is 105 Å². The van der Waals surface area contributed by atoms with Crippen molar-refractivity contribution >= 4 is 21.8 Å². The van der Waals surface area contributed by atoms with Crippen LogP contribution in [0.1, 0.15) is 38.1 Å². The van der Waals surface area contributed by atoms with E-state index in [1.807, 2.05) is 13.8 Å². The molecule has 1 aliphatic rings. The highest BCUT2D eigenvalue weighted by molar-refractivity contribution is 7.88. The lowest BCUT2D eigenvalue weighted by Gasteiger charge is -2.32. The van der Waals surface area contributed by atoms with Gasteiger partial charge in [-0.3, -0.25) is 0 Å². The molecule has 1 aromatic rings. The van der Waals surface area contributed by atoms with Crippen molar-refractivity contribution in [2.45, 2.75) is 39.0 Å². The van der Waals surface area contributed by atoms with Gasteiger partial charge in [-0.2, -0.15) is 21.6 Å². The Bertz CT molecular complexity index is 743. The monoisotopic (exact) mass is 371 g/mol. The molecule has 1 aromatic carbocycles. The zero-order valence-corrected chi connectivity index (χ0v) is 14.0. The molecular formula is C13H16F3NO6S. The summed E-state index contributed by atoms with van der Waals surface area (Å²) < 4.78 is 73.3. The number of halogens is 3. The summed E-state index contributed by atoms with van der Waals surface area (Å²) in [6.07, 6.45) is 0. The van der Waals surface area contributed by atoms with Gasteiger partial charge in [-0.1, -0.05) is 13.8 Å². The SMILES string of the molecule is CC.CC1(C)OC(=O)c2c(cc(N)cc2OS(=O)(=O)C(F)(F)F)O1. The second kappa shape index (κ2) is 6.38. The largest absolute Gasteiger partial charge is 0.534 e. The second-order valence-electron chi connectivity index (χ2n) is 4.77. The Morgan fingerprint density at radius 1 is 1.17 bits per heavy atom. The summed E-state index contributed by atoms with van der Waals surface area (Å²) in [7, 11) is -5.97. The lowest BCUT2D eigenvalue weighted by Crippen LogP contribution is -2.39. The van der Waals surface area contributed by atoms with Gasteiger partial charge in [0, 0.05) is 31.7 Å². The number of hydrogen-bond donors (Lipinski definition) is 1. The third kappa shape index (κ3) is 4.02. The van der Waals surface area contributed by atoms with Crippen LogP contribution in [0.4, 0.5) is 18.9 Å². The molecule has 1 aliphatic heterocycles. The normalized spacial score (nSPS) is 16.0. The van der Waals surface area contributed by atoms with E-state index in [0.29, 0.717) is 0 Å². The number of benzene rings is 1. The maximum Gasteiger partial charge on any atom is 0.534 e. The third-order valence-corrected chi connectivity index (χ3v) is 3.44. The number of alkyl halides is 3. The Balaban J connectivity index is 0.00000139. The summed E-state index contributed by atoms with van der Waals surface area (Å²) in [6.45, 7) is 6.76. The molecular weight excluding hydrogens is 355 g/mol. The van der Waals surface area contributed by atoms with Gasteiger partial charge in [0.2, 0.25) is 5.79 Å². The smallest absolute Gasteiger partial charge is 0.452 e. The van der Waals surface area contributed by atoms with Crippen molar-refractivity contribution < 1.29 is 40.0 Å². The minimum Gasteiger partial charge on any atom is -0.452 e. The number of esters is 1. The standard InChI is InChI=1S/C11H10F3NO6S.C2H6/c1-10(2)19-6-3-5(15)4-7(8(6)9(16)20-10)21-22(17,18)11(12,13)14;1-2/h3-4H,15H2,1-2H3;1-2H3. The van der Waals surface area contributed by atoms with Crippen molar-refractivity contribution in [2.24, 2.45) is 0 Å². The van der Waals surface area contributed by atoms with Crippen molar-refractivity contribution in [3.8, 4) is 11.5 Å². The number of nitrogen functional groups attached to an aromatic ring is 1. The first-order valence-electron chi connectivity index (χ1n) is 6.69. The Kier molecular flexibility index (Phi) is 5.28. The molecule has 2 rings (SSSR count). The molecule has 0 atom stereocenters. The zero-order valence-electron chi connectivity index (χ0n) is 13.2. The molecule has 0 bridgehead atoms. The van der Waals surface area contributed by atoms with Gasteiger partial charge in [0.1, 0.15) is 11.3 Å². The average molecular weight is 371 g/mol. The van der Waals surface area contributed by atoms with E-state index in [-0.39, 0.29) is 11.4 Å². The van der Waals surface area contributed by atoms with Crippen LogP contribution in [0.25, 0.3) is 0 Å². The highest BCUT2D eigenvalue weighted by atomic mass is 32.2. The summed E-state index contributed by atoms with van der Waals surface area (Å²) >= 11 is 0. The van der Waals surface area contributed by atoms with Crippen LogP contribution in [0.2, 0.25) is 0 Å². The summed E-state index contributed by atoms with van der Waals surface area (Å²) in [5.41, 5.74) is -0.959. The van der Waals surface area contributed by atoms with Gasteiger partial charge < -0.3 is 19.4 Å². The van der Waals surface area contributed by atoms with Gasteiger partial charge in [0.05, 0.1) is 0 Å². The second-order valence-corrected chi connectivity index (χ2v) is 6.30. The number of anilines is 1. The van der Waals surface area contributed by atoms with Crippen LogP contribution in [0.15, 0.2) is 12.1 Å². The molecule has 136 valence electrons. The lowest BCUT2D eigenvalue weighted by atomic mass is 10.1. The molecule has 0 amide bonds. The zero-order chi connectivity index (χ0) is 18.9. The van der Waals surface area contributed by atoms with E-state index in [1.165, 1.54) is 13.8 Å². The van der Waals surface area contributed by atoms with Crippen molar-refractivity contribution in [1.29, 1.82) is 0 Å². The summed E-state index contributed by atoms with van der Waals surface area (Å²) in [6, 6.07) is 1.90. The average Bonchev–Trinajstić information content (AvgIpc) is 2.36. The molecule has 2 N–H and O–H groups in total. The molecule has 0 saturated heterocycles. The predicted octanol–water partition coefficient (Wildman–Crippen LogP) is 2.81. The fourth-order valence-electron chi connectivity index (χ4n) is 1.68. The van der Waals surface area contributed by atoms with E-state index in [4.69, 9.17) is 15.2 Å². The Morgan fingerprint density at radius 3 is 2.21 bits per heavy atom. The first kappa shape index (κ1) is 19.9. The molecule has 0 radical (unpaired) electrons. The van der Waals surface area contributed by atoms with Gasteiger partial charge >= 0.3 is 21.6 Å². The van der Waals surface area contributed by atoms with Crippen molar-refractivity contribution in [1.82, 2.24) is 0 Å². The van der Waals surface area contributed by atoms with Crippen molar-refractivity contribution in [3.05, 3.63) is 17.7 Å². The van der Waals surface area contributed by atoms with Crippen LogP contribution < -0.4 is 14.7 Å². The van der Waals surface area contributed by atoms with Gasteiger partial charge in [-0.25, -0.2) is 4.79 Å². The molecule has 1 heterocycles. The quantitative estimate of drug-likeness (QED) is 0.369. The van der Waals surface area contributed by atoms with E-state index >= 15 is 0 Å². The maximum absolute atomic E-state index is 12.4. The van der Waals surface area contributed by atoms with Crippen LogP contribution in [0, 0.1) is 0 Å². The van der Waals surface area contributed by atoms with Crippen LogP contribution in [-0.2, 0) is 14.9 Å². The van der Waals surface area contributed by atoms with Gasteiger partial charge in [0.25, 0.3) is 0 Å². The number of fused-ring (bicyclic) bond motifs is 1. The third-order valence-electron chi connectivity index (χ3n) is 2.47. The van der Waals surface area contributed by atoms with Crippen molar-refractivity contribution in [3.63, 3.8) is 0 Å². The minimum atomic E-state index is -5.97. The van der Waals surface area contributed by atoms with Crippen LogP contribution >= 0.6 is 0 Å². The highest BCUT2D eigenvalue weighted by Crippen LogP contribution is 2.40. The molecule has 11 heteroatoms. The summed E-state index contributed by atoms with van der Waals surface area (Å²) in [4.78, 5) is 11.9. The Labute approximate surface area is 136 Å². The van der Waals surface area contributed by atoms with E-state index < -0.39 is 38.7 Å². The van der Waals surface area contributed by atoms with Gasteiger partial charge in [-0.15, -0.1) is 0 Å². The fourth-order valence-corrected chi connectivity index (χ4v) is 2.15. The van der Waals surface area contributed by atoms with Gasteiger partial charge in [-0.05, 0) is 0 Å². The number of hydrogen-bond acceptors (Lipinski definition) is 7. The number of rotatable bonds is 2. The summed E-state index contributed by atoms with van der Waals surface area (Å²) in [5, 5.41) is 0. The van der Waals surface area contributed by atoms with E-state index in [2.05, 4.69) is 4.18 Å². The molecule has 0 aromatic heterocycles. The van der Waals surface area contributed by atoms with Crippen LogP contribution in [-0.4, -0.2) is 25.7 Å². The Morgan fingerprint density at radius 2 is 1.71 bits per heavy atom. The lowest BCUT2D eigenvalue weighted by molar-refractivity contribution is -0.127. The predicted molar refractivity (Wildman–Crippen MR) is 77.9 cm³/mol. The van der Waals surface area contributed by atoms with Crippen molar-refractivity contribution in [2.75, 3.05) is 5.73 Å². The van der Waals surface area contributed by atoms with E-state index in [1.54, 1.807) is 0 Å². The maximum atomic E-state index is 12.4. The molecule has 0 saturated carbocycles. The van der Waals surface area contributed by atoms with E-state index in [9.17, 15) is 26.4 Å². The molecule has 0 spiro atoms. The van der Waals surface area contributed by atoms with Crippen LogP contribution in [0.3, 0.4) is 0 Å². The number of nitrogens with two attached hydrogens (primary N) is 1. The fraction of sp³-hybridized carbons (Fsp3) is 0.462. The first-order chi connectivity index (χ1) is 10.8.